The first-order chi connectivity index (χ1) is 12.1. The molecule has 7 nitrogen and oxygen atoms in total. The molecule has 2 heterocycles. The van der Waals surface area contributed by atoms with Crippen LogP contribution in [0.3, 0.4) is 0 Å². The Morgan fingerprint density at radius 2 is 1.85 bits per heavy atom. The number of carbonyl (C=O) groups excluding carboxylic acids is 3. The summed E-state index contributed by atoms with van der Waals surface area (Å²) in [4.78, 5) is 39.2. The van der Waals surface area contributed by atoms with Crippen LogP contribution in [0, 0.1) is 12.3 Å². The van der Waals surface area contributed by atoms with Crippen molar-refractivity contribution >= 4 is 23.3 Å². The van der Waals surface area contributed by atoms with Gasteiger partial charge in [0.2, 0.25) is 0 Å². The Kier molecular flexibility index (Phi) is 5.91. The molecule has 0 aromatic carbocycles. The highest BCUT2D eigenvalue weighted by atomic mass is 16.5. The van der Waals surface area contributed by atoms with Crippen LogP contribution in [0.4, 0.5) is 5.69 Å². The molecule has 1 aliphatic rings. The summed E-state index contributed by atoms with van der Waals surface area (Å²) >= 11 is 0. The number of esters is 1. The summed E-state index contributed by atoms with van der Waals surface area (Å²) in [6.07, 6.45) is 3.61. The van der Waals surface area contributed by atoms with Gasteiger partial charge in [0.1, 0.15) is 12.2 Å². The number of anilines is 1. The summed E-state index contributed by atoms with van der Waals surface area (Å²) < 4.78 is 5.22. The molecule has 26 heavy (non-hydrogen) atoms. The topological polar surface area (TPSA) is 88.3 Å². The molecule has 1 saturated heterocycles. The lowest BCUT2D eigenvalue weighted by Gasteiger charge is -2.45. The molecule has 2 rings (SSSR count). The van der Waals surface area contributed by atoms with E-state index in [2.05, 4.69) is 24.1 Å². The van der Waals surface area contributed by atoms with Crippen molar-refractivity contribution in [3.63, 3.8) is 0 Å². The lowest BCUT2D eigenvalue weighted by atomic mass is 9.81. The third kappa shape index (κ3) is 4.72. The minimum absolute atomic E-state index is 0.0885. The minimum Gasteiger partial charge on any atom is -0.464 e. The van der Waals surface area contributed by atoms with Gasteiger partial charge < -0.3 is 19.5 Å². The van der Waals surface area contributed by atoms with Gasteiger partial charge in [-0.2, -0.15) is 0 Å². The van der Waals surface area contributed by atoms with E-state index in [-0.39, 0.29) is 29.3 Å². The number of aromatic amines is 1. The molecule has 0 saturated carbocycles. The Hall–Kier alpha value is -2.15. The zero-order valence-corrected chi connectivity index (χ0v) is 16.4. The number of hydrogen-bond donors (Lipinski definition) is 2. The number of piperidine rings is 1. The minimum atomic E-state index is -0.527. The van der Waals surface area contributed by atoms with Gasteiger partial charge in [0.25, 0.3) is 5.91 Å². The molecule has 0 unspecified atom stereocenters. The second-order valence-electron chi connectivity index (χ2n) is 8.23. The lowest BCUT2D eigenvalue weighted by Crippen LogP contribution is -2.59. The molecular weight excluding hydrogens is 334 g/mol. The predicted octanol–water partition coefficient (Wildman–Crippen LogP) is 2.27. The van der Waals surface area contributed by atoms with Crippen molar-refractivity contribution in [2.24, 2.45) is 5.41 Å². The van der Waals surface area contributed by atoms with E-state index in [4.69, 9.17) is 4.74 Å². The van der Waals surface area contributed by atoms with Crippen LogP contribution in [0.5, 0.6) is 0 Å². The zero-order valence-electron chi connectivity index (χ0n) is 16.4. The normalized spacial score (nSPS) is 18.2. The van der Waals surface area contributed by atoms with E-state index in [0.29, 0.717) is 16.7 Å². The molecule has 1 aliphatic heterocycles. The number of ether oxygens (including phenoxy) is 1. The summed E-state index contributed by atoms with van der Waals surface area (Å²) in [6, 6.07) is 0. The van der Waals surface area contributed by atoms with Crippen molar-refractivity contribution in [1.82, 2.24) is 4.98 Å². The number of carbonyl (C=O) groups is 3. The molecule has 1 amide bonds. The SMILES string of the molecule is COC(=O)c1[nH]cc(C)c1NC(=O)C[N+]1(CC(C)=O)CCC(C)(C)CC1. The summed E-state index contributed by atoms with van der Waals surface area (Å²) in [7, 11) is 1.30. The van der Waals surface area contributed by atoms with E-state index < -0.39 is 5.97 Å². The fraction of sp³-hybridized carbons (Fsp3) is 0.632. The number of hydrogen-bond acceptors (Lipinski definition) is 4. The molecular formula is C19H30N3O4+. The third-order valence-corrected chi connectivity index (χ3v) is 5.29. The van der Waals surface area contributed by atoms with E-state index in [1.54, 1.807) is 13.1 Å². The quantitative estimate of drug-likeness (QED) is 0.599. The summed E-state index contributed by atoms with van der Waals surface area (Å²) in [5, 5.41) is 2.84. The van der Waals surface area contributed by atoms with Crippen molar-refractivity contribution in [3.8, 4) is 0 Å². The first-order valence-electron chi connectivity index (χ1n) is 8.98. The maximum absolute atomic E-state index is 12.7. The number of Topliss-reactive ketones (excluding diaryl/α,β-unsaturated/α-hetero) is 1. The van der Waals surface area contributed by atoms with Gasteiger partial charge in [-0.1, -0.05) is 13.8 Å². The van der Waals surface area contributed by atoms with Crippen molar-refractivity contribution in [1.29, 1.82) is 0 Å². The van der Waals surface area contributed by atoms with Gasteiger partial charge in [-0.15, -0.1) is 0 Å². The van der Waals surface area contributed by atoms with Crippen LogP contribution in [0.1, 0.15) is 49.7 Å². The van der Waals surface area contributed by atoms with Gasteiger partial charge in [0.15, 0.2) is 12.3 Å². The summed E-state index contributed by atoms with van der Waals surface area (Å²) in [5.41, 5.74) is 1.68. The van der Waals surface area contributed by atoms with Crippen LogP contribution < -0.4 is 5.32 Å². The number of H-pyrrole nitrogens is 1. The fourth-order valence-corrected chi connectivity index (χ4v) is 3.59. The number of methoxy groups -OCH3 is 1. The highest BCUT2D eigenvalue weighted by molar-refractivity contribution is 6.01. The highest BCUT2D eigenvalue weighted by Gasteiger charge is 2.40. The number of ketones is 1. The number of nitrogens with zero attached hydrogens (tertiary/aromatic N) is 1. The van der Waals surface area contributed by atoms with Gasteiger partial charge in [-0.05, 0) is 17.9 Å². The van der Waals surface area contributed by atoms with Crippen molar-refractivity contribution < 1.29 is 23.6 Å². The molecule has 7 heteroatoms. The highest BCUT2D eigenvalue weighted by Crippen LogP contribution is 2.33. The van der Waals surface area contributed by atoms with Gasteiger partial charge in [0, 0.05) is 26.0 Å². The second-order valence-corrected chi connectivity index (χ2v) is 8.23. The van der Waals surface area contributed by atoms with Crippen molar-refractivity contribution in [2.45, 2.75) is 40.5 Å². The molecule has 0 aliphatic carbocycles. The van der Waals surface area contributed by atoms with E-state index in [9.17, 15) is 14.4 Å². The van der Waals surface area contributed by atoms with Gasteiger partial charge in [0.05, 0.1) is 25.9 Å². The fourth-order valence-electron chi connectivity index (χ4n) is 3.59. The van der Waals surface area contributed by atoms with E-state index in [0.717, 1.165) is 31.5 Å². The molecule has 2 N–H and O–H groups in total. The van der Waals surface area contributed by atoms with Crippen LogP contribution in [0.2, 0.25) is 0 Å². The molecule has 0 atom stereocenters. The Labute approximate surface area is 154 Å². The number of amides is 1. The lowest BCUT2D eigenvalue weighted by molar-refractivity contribution is -0.919. The number of likely N-dealkylation sites (tertiary alicyclic amines) is 1. The first-order valence-corrected chi connectivity index (χ1v) is 8.98. The van der Waals surface area contributed by atoms with Gasteiger partial charge >= 0.3 is 5.97 Å². The maximum Gasteiger partial charge on any atom is 0.356 e. The van der Waals surface area contributed by atoms with Gasteiger partial charge in [-0.3, -0.25) is 9.59 Å². The molecule has 0 bridgehead atoms. The van der Waals surface area contributed by atoms with Crippen molar-refractivity contribution in [2.75, 3.05) is 38.6 Å². The number of quaternary nitrogens is 1. The predicted molar refractivity (Wildman–Crippen MR) is 98.9 cm³/mol. The Balaban J connectivity index is 2.15. The molecule has 0 radical (unpaired) electrons. The monoisotopic (exact) mass is 364 g/mol. The van der Waals surface area contributed by atoms with Crippen LogP contribution >= 0.6 is 0 Å². The number of aromatic nitrogens is 1. The second kappa shape index (κ2) is 7.61. The molecule has 1 aromatic rings. The van der Waals surface area contributed by atoms with E-state index in [1.807, 2.05) is 6.92 Å². The third-order valence-electron chi connectivity index (χ3n) is 5.29. The van der Waals surface area contributed by atoms with Crippen LogP contribution in [0.25, 0.3) is 0 Å². The summed E-state index contributed by atoms with van der Waals surface area (Å²) in [5.74, 6) is -0.634. The smallest absolute Gasteiger partial charge is 0.356 e. The van der Waals surface area contributed by atoms with E-state index >= 15 is 0 Å². The van der Waals surface area contributed by atoms with Gasteiger partial charge in [-0.25, -0.2) is 4.79 Å². The Morgan fingerprint density at radius 1 is 1.23 bits per heavy atom. The van der Waals surface area contributed by atoms with Crippen LogP contribution in [-0.2, 0) is 14.3 Å². The molecule has 0 spiro atoms. The average molecular weight is 364 g/mol. The molecule has 1 aromatic heterocycles. The number of rotatable bonds is 6. The van der Waals surface area contributed by atoms with Crippen LogP contribution in [-0.4, -0.2) is 60.4 Å². The number of aryl methyl sites for hydroxylation is 1. The summed E-state index contributed by atoms with van der Waals surface area (Å²) in [6.45, 7) is 10.0. The van der Waals surface area contributed by atoms with Crippen molar-refractivity contribution in [3.05, 3.63) is 17.5 Å². The Bertz CT molecular complexity index is 696. The Morgan fingerprint density at radius 3 is 2.38 bits per heavy atom. The molecule has 144 valence electrons. The largest absolute Gasteiger partial charge is 0.464 e. The average Bonchev–Trinajstić information content (AvgIpc) is 2.90. The number of nitrogens with one attached hydrogen (secondary N) is 2. The van der Waals surface area contributed by atoms with E-state index in [1.165, 1.54) is 7.11 Å². The van der Waals surface area contributed by atoms with Crippen LogP contribution in [0.15, 0.2) is 6.20 Å². The zero-order chi connectivity index (χ0) is 19.5. The molecule has 1 fully saturated rings. The first kappa shape index (κ1) is 20.2. The standard InChI is InChI=1S/C19H29N3O4/c1-13-10-20-17(18(25)26-5)16(13)21-15(24)12-22(11-14(2)23)8-6-19(3,4)7-9-22/h10H,6-9,11-12H2,1-5H3,(H-,20,21,24,25)/p+1. The maximum atomic E-state index is 12.7.